The maximum absolute atomic E-state index is 12.3. The van der Waals surface area contributed by atoms with E-state index in [0.717, 1.165) is 16.8 Å². The standard InChI is InChI=1S/C22H20N2O2/c1-15-3-7-17(8-4-15)21(25)24-20-13-9-18(10-14-20)22(26)23-19-11-5-16(2)6-12-19/h3-14H,1-2H3,(H,23,26)(H,24,25). The van der Waals surface area contributed by atoms with Gasteiger partial charge in [-0.25, -0.2) is 0 Å². The van der Waals surface area contributed by atoms with Gasteiger partial charge in [-0.2, -0.15) is 0 Å². The highest BCUT2D eigenvalue weighted by molar-refractivity contribution is 6.06. The van der Waals surface area contributed by atoms with Gasteiger partial charge in [0.2, 0.25) is 0 Å². The molecule has 4 heteroatoms. The highest BCUT2D eigenvalue weighted by Crippen LogP contribution is 2.14. The van der Waals surface area contributed by atoms with Crippen LogP contribution >= 0.6 is 0 Å². The van der Waals surface area contributed by atoms with Crippen molar-refractivity contribution in [1.82, 2.24) is 0 Å². The van der Waals surface area contributed by atoms with Crippen LogP contribution in [0.25, 0.3) is 0 Å². The molecule has 0 aliphatic carbocycles. The lowest BCUT2D eigenvalue weighted by atomic mass is 10.1. The minimum atomic E-state index is -0.190. The van der Waals surface area contributed by atoms with Crippen molar-refractivity contribution in [2.45, 2.75) is 13.8 Å². The number of hydrogen-bond acceptors (Lipinski definition) is 2. The Morgan fingerprint density at radius 3 is 1.27 bits per heavy atom. The predicted octanol–water partition coefficient (Wildman–Crippen LogP) is 4.81. The van der Waals surface area contributed by atoms with Gasteiger partial charge < -0.3 is 10.6 Å². The van der Waals surface area contributed by atoms with Gasteiger partial charge in [0.1, 0.15) is 0 Å². The Hall–Kier alpha value is -3.40. The molecule has 4 nitrogen and oxygen atoms in total. The third kappa shape index (κ3) is 4.36. The van der Waals surface area contributed by atoms with E-state index in [-0.39, 0.29) is 11.8 Å². The van der Waals surface area contributed by atoms with E-state index in [9.17, 15) is 9.59 Å². The summed E-state index contributed by atoms with van der Waals surface area (Å²) in [4.78, 5) is 24.5. The fourth-order valence-electron chi connectivity index (χ4n) is 2.45. The lowest BCUT2D eigenvalue weighted by Gasteiger charge is -2.08. The van der Waals surface area contributed by atoms with Gasteiger partial charge in [0.15, 0.2) is 0 Å². The van der Waals surface area contributed by atoms with Gasteiger partial charge >= 0.3 is 0 Å². The molecule has 0 heterocycles. The molecule has 0 atom stereocenters. The first kappa shape index (κ1) is 17.4. The number of carbonyl (C=O) groups is 2. The topological polar surface area (TPSA) is 58.2 Å². The van der Waals surface area contributed by atoms with E-state index in [4.69, 9.17) is 0 Å². The Kier molecular flexibility index (Phi) is 5.13. The average molecular weight is 344 g/mol. The average Bonchev–Trinajstić information content (AvgIpc) is 2.64. The summed E-state index contributed by atoms with van der Waals surface area (Å²) in [5.74, 6) is -0.368. The van der Waals surface area contributed by atoms with Gasteiger partial charge in [-0.1, -0.05) is 35.4 Å². The maximum atomic E-state index is 12.3. The van der Waals surface area contributed by atoms with E-state index >= 15 is 0 Å². The van der Waals surface area contributed by atoms with Crippen molar-refractivity contribution in [2.75, 3.05) is 10.6 Å². The van der Waals surface area contributed by atoms with Crippen molar-refractivity contribution in [3.63, 3.8) is 0 Å². The summed E-state index contributed by atoms with van der Waals surface area (Å²) in [6.45, 7) is 3.97. The Labute approximate surface area is 152 Å². The van der Waals surface area contributed by atoms with Gasteiger partial charge in [0, 0.05) is 22.5 Å². The molecule has 0 bridgehead atoms. The van der Waals surface area contributed by atoms with Crippen LogP contribution in [-0.2, 0) is 0 Å². The van der Waals surface area contributed by atoms with Crippen LogP contribution in [0.1, 0.15) is 31.8 Å². The second-order valence-electron chi connectivity index (χ2n) is 6.22. The van der Waals surface area contributed by atoms with Crippen molar-refractivity contribution in [3.8, 4) is 0 Å². The highest BCUT2D eigenvalue weighted by Gasteiger charge is 2.08. The normalized spacial score (nSPS) is 10.2. The van der Waals surface area contributed by atoms with Crippen LogP contribution < -0.4 is 10.6 Å². The number of amides is 2. The minimum absolute atomic E-state index is 0.179. The van der Waals surface area contributed by atoms with E-state index in [2.05, 4.69) is 10.6 Å². The van der Waals surface area contributed by atoms with Crippen molar-refractivity contribution in [1.29, 1.82) is 0 Å². The molecule has 0 unspecified atom stereocenters. The first-order valence-corrected chi connectivity index (χ1v) is 8.37. The van der Waals surface area contributed by atoms with Gasteiger partial charge in [0.05, 0.1) is 0 Å². The molecule has 0 aliphatic rings. The molecule has 2 amide bonds. The van der Waals surface area contributed by atoms with E-state index < -0.39 is 0 Å². The molecule has 3 aromatic rings. The second-order valence-corrected chi connectivity index (χ2v) is 6.22. The third-order valence-corrected chi connectivity index (χ3v) is 4.03. The Morgan fingerprint density at radius 1 is 0.538 bits per heavy atom. The fraction of sp³-hybridized carbons (Fsp3) is 0.0909. The molecule has 0 aliphatic heterocycles. The molecule has 0 radical (unpaired) electrons. The molecule has 0 aromatic heterocycles. The summed E-state index contributed by atoms with van der Waals surface area (Å²) in [5.41, 5.74) is 4.75. The van der Waals surface area contributed by atoms with Crippen molar-refractivity contribution in [2.24, 2.45) is 0 Å². The zero-order valence-corrected chi connectivity index (χ0v) is 14.7. The molecule has 0 fully saturated rings. The van der Waals surface area contributed by atoms with Gasteiger partial charge in [-0.3, -0.25) is 9.59 Å². The lowest BCUT2D eigenvalue weighted by Crippen LogP contribution is -2.13. The SMILES string of the molecule is Cc1ccc(NC(=O)c2ccc(NC(=O)c3ccc(C)cc3)cc2)cc1. The molecule has 2 N–H and O–H groups in total. The Balaban J connectivity index is 1.64. The maximum Gasteiger partial charge on any atom is 0.255 e. The van der Waals surface area contributed by atoms with Crippen LogP contribution in [0, 0.1) is 13.8 Å². The summed E-state index contributed by atoms with van der Waals surface area (Å²) < 4.78 is 0. The quantitative estimate of drug-likeness (QED) is 0.714. The van der Waals surface area contributed by atoms with Gasteiger partial charge in [-0.15, -0.1) is 0 Å². The number of rotatable bonds is 4. The van der Waals surface area contributed by atoms with Crippen molar-refractivity contribution >= 4 is 23.2 Å². The monoisotopic (exact) mass is 344 g/mol. The van der Waals surface area contributed by atoms with Gasteiger partial charge in [-0.05, 0) is 62.4 Å². The molecule has 130 valence electrons. The summed E-state index contributed by atoms with van der Waals surface area (Å²) in [6.07, 6.45) is 0. The Bertz CT molecular complexity index is 912. The number of nitrogens with one attached hydrogen (secondary N) is 2. The number of benzene rings is 3. The first-order valence-electron chi connectivity index (χ1n) is 8.37. The molecular formula is C22H20N2O2. The molecular weight excluding hydrogens is 324 g/mol. The van der Waals surface area contributed by atoms with Crippen LogP contribution in [0.4, 0.5) is 11.4 Å². The largest absolute Gasteiger partial charge is 0.322 e. The summed E-state index contributed by atoms with van der Waals surface area (Å²) in [6, 6.07) is 21.8. The van der Waals surface area contributed by atoms with Crippen LogP contribution in [0.15, 0.2) is 72.8 Å². The van der Waals surface area contributed by atoms with Crippen LogP contribution in [0.2, 0.25) is 0 Å². The van der Waals surface area contributed by atoms with E-state index in [1.54, 1.807) is 36.4 Å². The number of aryl methyl sites for hydroxylation is 2. The molecule has 0 spiro atoms. The molecule has 0 saturated carbocycles. The molecule has 0 saturated heterocycles. The molecule has 3 aromatic carbocycles. The van der Waals surface area contributed by atoms with E-state index in [1.165, 1.54) is 0 Å². The smallest absolute Gasteiger partial charge is 0.255 e. The predicted molar refractivity (Wildman–Crippen MR) is 105 cm³/mol. The van der Waals surface area contributed by atoms with Crippen LogP contribution in [0.3, 0.4) is 0 Å². The fourth-order valence-corrected chi connectivity index (χ4v) is 2.45. The van der Waals surface area contributed by atoms with E-state index in [1.807, 2.05) is 50.2 Å². The van der Waals surface area contributed by atoms with Gasteiger partial charge in [0.25, 0.3) is 11.8 Å². The number of carbonyl (C=O) groups excluding carboxylic acids is 2. The molecule has 3 rings (SSSR count). The number of anilines is 2. The minimum Gasteiger partial charge on any atom is -0.322 e. The number of hydrogen-bond donors (Lipinski definition) is 2. The summed E-state index contributed by atoms with van der Waals surface area (Å²) in [7, 11) is 0. The second kappa shape index (κ2) is 7.66. The van der Waals surface area contributed by atoms with E-state index in [0.29, 0.717) is 16.8 Å². The molecule has 26 heavy (non-hydrogen) atoms. The summed E-state index contributed by atoms with van der Waals surface area (Å²) >= 11 is 0. The summed E-state index contributed by atoms with van der Waals surface area (Å²) in [5, 5.41) is 5.68. The van der Waals surface area contributed by atoms with Crippen molar-refractivity contribution in [3.05, 3.63) is 95.1 Å². The zero-order valence-electron chi connectivity index (χ0n) is 14.7. The first-order chi connectivity index (χ1) is 12.5. The zero-order chi connectivity index (χ0) is 18.5. The third-order valence-electron chi connectivity index (χ3n) is 4.03. The van der Waals surface area contributed by atoms with Crippen LogP contribution in [-0.4, -0.2) is 11.8 Å². The van der Waals surface area contributed by atoms with Crippen LogP contribution in [0.5, 0.6) is 0 Å². The Morgan fingerprint density at radius 2 is 0.846 bits per heavy atom. The lowest BCUT2D eigenvalue weighted by molar-refractivity contribution is 0.102. The van der Waals surface area contributed by atoms with Crippen molar-refractivity contribution < 1.29 is 9.59 Å². The highest BCUT2D eigenvalue weighted by atomic mass is 16.2.